The smallest absolute Gasteiger partial charge is 0.256 e. The quantitative estimate of drug-likeness (QED) is 0.503. The summed E-state index contributed by atoms with van der Waals surface area (Å²) < 4.78 is 1.57. The minimum atomic E-state index is -0.348. The molecule has 0 unspecified atom stereocenters. The fourth-order valence-electron chi connectivity index (χ4n) is 3.19. The predicted octanol–water partition coefficient (Wildman–Crippen LogP) is 5.11. The fourth-order valence-corrected chi connectivity index (χ4v) is 3.42. The van der Waals surface area contributed by atoms with Crippen LogP contribution in [-0.2, 0) is 0 Å². The highest BCUT2D eigenvalue weighted by atomic mass is 35.5. The second kappa shape index (κ2) is 8.35. The van der Waals surface area contributed by atoms with Crippen molar-refractivity contribution in [3.8, 4) is 16.8 Å². The van der Waals surface area contributed by atoms with Gasteiger partial charge >= 0.3 is 0 Å². The van der Waals surface area contributed by atoms with Crippen molar-refractivity contribution in [3.05, 3.63) is 111 Å². The van der Waals surface area contributed by atoms with E-state index in [2.05, 4.69) is 10.4 Å². The zero-order chi connectivity index (χ0) is 21.1. The van der Waals surface area contributed by atoms with Gasteiger partial charge < -0.3 is 5.32 Å². The lowest BCUT2D eigenvalue weighted by molar-refractivity contribution is 0.102. The van der Waals surface area contributed by atoms with Gasteiger partial charge in [-0.15, -0.1) is 0 Å². The van der Waals surface area contributed by atoms with Crippen LogP contribution in [0, 0.1) is 6.92 Å². The number of nitrogens with one attached hydrogen (secondary N) is 1. The van der Waals surface area contributed by atoms with Crippen LogP contribution < -0.4 is 10.7 Å². The number of hydrogen-bond donors (Lipinski definition) is 1. The molecule has 4 aromatic rings. The van der Waals surface area contributed by atoms with E-state index in [0.29, 0.717) is 33.1 Å². The maximum Gasteiger partial charge on any atom is 0.256 e. The molecular weight excluding hydrogens is 398 g/mol. The van der Waals surface area contributed by atoms with Crippen LogP contribution in [-0.4, -0.2) is 15.7 Å². The lowest BCUT2D eigenvalue weighted by Crippen LogP contribution is -2.25. The summed E-state index contributed by atoms with van der Waals surface area (Å²) in [6, 6.07) is 25.2. The van der Waals surface area contributed by atoms with Crippen LogP contribution in [0.5, 0.6) is 0 Å². The third-order valence-corrected chi connectivity index (χ3v) is 5.00. The second-order valence-corrected chi connectivity index (χ2v) is 7.09. The van der Waals surface area contributed by atoms with E-state index in [1.165, 1.54) is 0 Å². The van der Waals surface area contributed by atoms with Gasteiger partial charge in [-0.1, -0.05) is 66.2 Å². The summed E-state index contributed by atoms with van der Waals surface area (Å²) in [5.74, 6) is -0.0857. The maximum atomic E-state index is 13.2. The molecule has 5 nitrogen and oxygen atoms in total. The van der Waals surface area contributed by atoms with Crippen molar-refractivity contribution in [2.75, 3.05) is 5.32 Å². The van der Waals surface area contributed by atoms with E-state index < -0.39 is 0 Å². The van der Waals surface area contributed by atoms with E-state index in [-0.39, 0.29) is 17.2 Å². The molecule has 1 aromatic heterocycles. The van der Waals surface area contributed by atoms with E-state index in [4.69, 9.17) is 11.6 Å². The number of aryl methyl sites for hydroxylation is 1. The highest BCUT2D eigenvalue weighted by Gasteiger charge is 2.22. The van der Waals surface area contributed by atoms with Crippen molar-refractivity contribution in [1.29, 1.82) is 0 Å². The molecule has 0 bridgehead atoms. The average molecular weight is 416 g/mol. The number of para-hydroxylation sites is 1. The zero-order valence-electron chi connectivity index (χ0n) is 16.2. The lowest BCUT2D eigenvalue weighted by atomic mass is 10.0. The molecule has 0 atom stereocenters. The topological polar surface area (TPSA) is 64.0 Å². The Kier molecular flexibility index (Phi) is 5.46. The number of amides is 1. The van der Waals surface area contributed by atoms with Gasteiger partial charge in [-0.3, -0.25) is 9.59 Å². The minimum Gasteiger partial charge on any atom is -0.306 e. The van der Waals surface area contributed by atoms with Crippen molar-refractivity contribution in [3.63, 3.8) is 0 Å². The van der Waals surface area contributed by atoms with Crippen molar-refractivity contribution in [2.24, 2.45) is 0 Å². The van der Waals surface area contributed by atoms with Gasteiger partial charge in [0.2, 0.25) is 5.43 Å². The van der Waals surface area contributed by atoms with E-state index in [1.807, 2.05) is 36.4 Å². The molecule has 3 aromatic carbocycles. The van der Waals surface area contributed by atoms with Crippen molar-refractivity contribution >= 4 is 23.3 Å². The molecule has 148 valence electrons. The second-order valence-electron chi connectivity index (χ2n) is 6.69. The van der Waals surface area contributed by atoms with Crippen molar-refractivity contribution < 1.29 is 4.79 Å². The number of nitrogens with zero attached hydrogens (tertiary/aromatic N) is 2. The first-order chi connectivity index (χ1) is 14.6. The molecule has 4 rings (SSSR count). The predicted molar refractivity (Wildman–Crippen MR) is 119 cm³/mol. The van der Waals surface area contributed by atoms with Crippen LogP contribution in [0.15, 0.2) is 89.7 Å². The summed E-state index contributed by atoms with van der Waals surface area (Å²) in [6.07, 6.45) is 0. The van der Waals surface area contributed by atoms with Crippen LogP contribution in [0.3, 0.4) is 0 Å². The van der Waals surface area contributed by atoms with Crippen LogP contribution in [0.1, 0.15) is 16.1 Å². The Hall–Kier alpha value is -3.70. The molecule has 0 saturated heterocycles. The third-order valence-electron chi connectivity index (χ3n) is 4.67. The molecule has 30 heavy (non-hydrogen) atoms. The van der Waals surface area contributed by atoms with Crippen LogP contribution >= 0.6 is 11.6 Å². The third kappa shape index (κ3) is 3.75. The number of rotatable bonds is 4. The largest absolute Gasteiger partial charge is 0.306 e. The summed E-state index contributed by atoms with van der Waals surface area (Å²) in [7, 11) is 0. The minimum absolute atomic E-state index is 0.263. The molecule has 1 heterocycles. The highest BCUT2D eigenvalue weighted by Crippen LogP contribution is 2.32. The standard InChI is InChI=1S/C24H18ClN3O2/c1-16-22(29)21(19-14-8-9-15-20(19)25)23(26-24(30)17-10-4-2-5-11-17)28(27-16)18-12-6-3-7-13-18/h2-15H,1H3,(H,26,30). The first-order valence-electron chi connectivity index (χ1n) is 9.37. The Labute approximate surface area is 178 Å². The Morgan fingerprint density at radius 2 is 1.50 bits per heavy atom. The first kappa shape index (κ1) is 19.6. The number of carbonyl (C=O) groups is 1. The molecular formula is C24H18ClN3O2. The molecule has 0 fully saturated rings. The highest BCUT2D eigenvalue weighted by molar-refractivity contribution is 6.33. The average Bonchev–Trinajstić information content (AvgIpc) is 2.78. The van der Waals surface area contributed by atoms with Gasteiger partial charge in [0, 0.05) is 16.1 Å². The summed E-state index contributed by atoms with van der Waals surface area (Å²) in [4.78, 5) is 26.1. The SMILES string of the molecule is Cc1nn(-c2ccccc2)c(NC(=O)c2ccccc2)c(-c2ccccc2Cl)c1=O. The Bertz CT molecular complexity index is 1270. The summed E-state index contributed by atoms with van der Waals surface area (Å²) in [5, 5.41) is 7.75. The number of benzene rings is 3. The van der Waals surface area contributed by atoms with E-state index in [1.54, 1.807) is 60.1 Å². The number of halogens is 1. The van der Waals surface area contributed by atoms with E-state index >= 15 is 0 Å². The van der Waals surface area contributed by atoms with E-state index in [9.17, 15) is 9.59 Å². The maximum absolute atomic E-state index is 13.2. The number of aromatic nitrogens is 2. The molecule has 0 spiro atoms. The van der Waals surface area contributed by atoms with Crippen LogP contribution in [0.2, 0.25) is 5.02 Å². The lowest BCUT2D eigenvalue weighted by Gasteiger charge is -2.19. The molecule has 6 heteroatoms. The molecule has 0 saturated carbocycles. The monoisotopic (exact) mass is 415 g/mol. The summed E-state index contributed by atoms with van der Waals surface area (Å²) in [5.41, 5.74) is 2.00. The van der Waals surface area contributed by atoms with Crippen LogP contribution in [0.25, 0.3) is 16.8 Å². The summed E-state index contributed by atoms with van der Waals surface area (Å²) >= 11 is 6.43. The zero-order valence-corrected chi connectivity index (χ0v) is 16.9. The Balaban J connectivity index is 1.99. The van der Waals surface area contributed by atoms with Gasteiger partial charge in [0.15, 0.2) is 0 Å². The molecule has 1 N–H and O–H groups in total. The molecule has 0 radical (unpaired) electrons. The van der Waals surface area contributed by atoms with Gasteiger partial charge in [0.25, 0.3) is 5.91 Å². The van der Waals surface area contributed by atoms with Crippen LogP contribution in [0.4, 0.5) is 5.82 Å². The van der Waals surface area contributed by atoms with Crippen molar-refractivity contribution in [2.45, 2.75) is 6.92 Å². The molecule has 0 aliphatic heterocycles. The Morgan fingerprint density at radius 1 is 0.900 bits per heavy atom. The summed E-state index contributed by atoms with van der Waals surface area (Å²) in [6.45, 7) is 1.64. The van der Waals surface area contributed by atoms with Gasteiger partial charge in [-0.05, 0) is 37.3 Å². The van der Waals surface area contributed by atoms with E-state index in [0.717, 1.165) is 0 Å². The fraction of sp³-hybridized carbons (Fsp3) is 0.0417. The van der Waals surface area contributed by atoms with Gasteiger partial charge in [0.1, 0.15) is 11.5 Å². The van der Waals surface area contributed by atoms with Crippen molar-refractivity contribution in [1.82, 2.24) is 9.78 Å². The number of anilines is 1. The van der Waals surface area contributed by atoms with Gasteiger partial charge in [-0.2, -0.15) is 5.10 Å². The number of carbonyl (C=O) groups excluding carboxylic acids is 1. The molecule has 0 aliphatic carbocycles. The number of hydrogen-bond acceptors (Lipinski definition) is 3. The molecule has 1 amide bonds. The van der Waals surface area contributed by atoms with Gasteiger partial charge in [0.05, 0.1) is 11.3 Å². The Morgan fingerprint density at radius 3 is 2.17 bits per heavy atom. The normalized spacial score (nSPS) is 10.6. The van der Waals surface area contributed by atoms with Gasteiger partial charge in [-0.25, -0.2) is 4.68 Å². The molecule has 0 aliphatic rings. The first-order valence-corrected chi connectivity index (χ1v) is 9.74.